The van der Waals surface area contributed by atoms with Gasteiger partial charge in [-0.3, -0.25) is 0 Å². The Morgan fingerprint density at radius 1 is 0.667 bits per heavy atom. The quantitative estimate of drug-likeness (QED) is 0.265. The second-order valence-electron chi connectivity index (χ2n) is 2.57. The zero-order valence-electron chi connectivity index (χ0n) is 6.72. The first-order valence-electron chi connectivity index (χ1n) is 3.36. The van der Waals surface area contributed by atoms with Gasteiger partial charge in [0.05, 0.1) is 25.1 Å². The summed E-state index contributed by atoms with van der Waals surface area (Å²) in [4.78, 5) is 0. The molecule has 0 saturated heterocycles. The van der Waals surface area contributed by atoms with E-state index in [2.05, 4.69) is 0 Å². The smallest absolute Gasteiger partial charge is 0.108 e. The van der Waals surface area contributed by atoms with Gasteiger partial charge in [0.2, 0.25) is 0 Å². The van der Waals surface area contributed by atoms with E-state index in [1.807, 2.05) is 0 Å². The first-order chi connectivity index (χ1) is 6.68. The highest BCUT2D eigenvalue weighted by Gasteiger charge is 2.30. The van der Waals surface area contributed by atoms with Crippen molar-refractivity contribution in [3.05, 3.63) is 30.7 Å². The molecule has 0 unspecified atom stereocenters. The van der Waals surface area contributed by atoms with Crippen molar-refractivity contribution in [2.24, 2.45) is 0 Å². The van der Waals surface area contributed by atoms with Gasteiger partial charge in [-0.05, 0) is 0 Å². The molecule has 80 valence electrons. The van der Waals surface area contributed by atoms with Crippen LogP contribution in [0.15, 0.2) is 0 Å². The number of alkyl halides is 2. The molecule has 0 aliphatic rings. The maximum Gasteiger partial charge on any atom is 0.126 e. The molecule has 0 N–H and O–H groups in total. The van der Waals surface area contributed by atoms with E-state index < -0.39 is 4.23 Å². The summed E-state index contributed by atoms with van der Waals surface area (Å²) >= 11 is 40.4. The van der Waals surface area contributed by atoms with E-state index in [4.69, 9.17) is 89.1 Å². The lowest BCUT2D eigenvalue weighted by Gasteiger charge is -2.20. The number of hydrogen-bond donors (Lipinski definition) is 0. The summed E-state index contributed by atoms with van der Waals surface area (Å²) in [6.45, 7) is 0. The molecular formula is C7BCl7. The molecule has 15 heavy (non-hydrogen) atoms. The molecule has 0 atom stereocenters. The first-order valence-corrected chi connectivity index (χ1v) is 6.01. The van der Waals surface area contributed by atoms with Crippen molar-refractivity contribution < 1.29 is 0 Å². The molecule has 0 aromatic heterocycles. The summed E-state index contributed by atoms with van der Waals surface area (Å²) in [7, 11) is 5.45. The van der Waals surface area contributed by atoms with Crippen molar-refractivity contribution in [3.8, 4) is 0 Å². The van der Waals surface area contributed by atoms with Gasteiger partial charge in [-0.15, -0.1) is 23.2 Å². The summed E-state index contributed by atoms with van der Waals surface area (Å²) in [6.07, 6.45) is 0. The maximum atomic E-state index is 5.85. The van der Waals surface area contributed by atoms with Gasteiger partial charge >= 0.3 is 0 Å². The Labute approximate surface area is 123 Å². The third-order valence-corrected chi connectivity index (χ3v) is 4.20. The summed E-state index contributed by atoms with van der Waals surface area (Å²) in [6, 6.07) is 0. The minimum atomic E-state index is -1.80. The van der Waals surface area contributed by atoms with Crippen LogP contribution in [0.3, 0.4) is 0 Å². The van der Waals surface area contributed by atoms with E-state index in [1.54, 1.807) is 0 Å². The second kappa shape index (κ2) is 4.90. The molecule has 0 aliphatic carbocycles. The Kier molecular flexibility index (Phi) is 4.69. The predicted octanol–water partition coefficient (Wildman–Crippen LogP) is 5.71. The SMILES string of the molecule is [B]C(Cl)(Cl)c1c(Cl)c(Cl)c(Cl)c(Cl)c1Cl. The lowest BCUT2D eigenvalue weighted by molar-refractivity contribution is 1.24. The summed E-state index contributed by atoms with van der Waals surface area (Å²) in [5.74, 6) is 0. The van der Waals surface area contributed by atoms with Crippen LogP contribution >= 0.6 is 81.2 Å². The van der Waals surface area contributed by atoms with Crippen LogP contribution in [0.4, 0.5) is 0 Å². The minimum absolute atomic E-state index is 0.00106. The normalized spacial score (nSPS) is 11.9. The van der Waals surface area contributed by atoms with Gasteiger partial charge in [0.15, 0.2) is 0 Å². The van der Waals surface area contributed by atoms with Crippen molar-refractivity contribution in [3.63, 3.8) is 0 Å². The van der Waals surface area contributed by atoms with E-state index in [1.165, 1.54) is 0 Å². The fourth-order valence-corrected chi connectivity index (χ4v) is 2.91. The van der Waals surface area contributed by atoms with Crippen LogP contribution in [-0.2, 0) is 4.23 Å². The molecule has 0 bridgehead atoms. The highest BCUT2D eigenvalue weighted by atomic mass is 35.5. The van der Waals surface area contributed by atoms with Gasteiger partial charge in [-0.25, -0.2) is 0 Å². The molecule has 8 heteroatoms. The maximum absolute atomic E-state index is 5.85. The van der Waals surface area contributed by atoms with Gasteiger partial charge in [-0.2, -0.15) is 0 Å². The van der Waals surface area contributed by atoms with Crippen LogP contribution in [-0.4, -0.2) is 7.85 Å². The molecule has 0 aliphatic heterocycles. The molecule has 1 rings (SSSR count). The first kappa shape index (κ1) is 14.4. The van der Waals surface area contributed by atoms with E-state index >= 15 is 0 Å². The molecule has 0 amide bonds. The number of hydrogen-bond acceptors (Lipinski definition) is 0. The molecular weight excluding hydrogens is 343 g/mol. The molecule has 0 fully saturated rings. The Hall–Kier alpha value is 1.31. The molecule has 2 radical (unpaired) electrons. The van der Waals surface area contributed by atoms with Crippen LogP contribution in [0.1, 0.15) is 5.56 Å². The highest BCUT2D eigenvalue weighted by Crippen LogP contribution is 2.49. The van der Waals surface area contributed by atoms with Crippen LogP contribution in [0, 0.1) is 0 Å². The second-order valence-corrected chi connectivity index (χ2v) is 5.84. The lowest BCUT2D eigenvalue weighted by Crippen LogP contribution is -2.12. The predicted molar refractivity (Wildman–Crippen MR) is 70.6 cm³/mol. The van der Waals surface area contributed by atoms with Crippen molar-refractivity contribution in [2.75, 3.05) is 0 Å². The molecule has 1 aromatic carbocycles. The molecule has 1 aromatic rings. The van der Waals surface area contributed by atoms with E-state index in [9.17, 15) is 0 Å². The molecule has 0 nitrogen and oxygen atoms in total. The average molecular weight is 343 g/mol. The van der Waals surface area contributed by atoms with Gasteiger partial charge in [-0.1, -0.05) is 58.0 Å². The standard InChI is InChI=1S/C7BCl7/c8-7(14,15)1-2(9)4(11)6(13)5(12)3(1)10. The summed E-state index contributed by atoms with van der Waals surface area (Å²) < 4.78 is -1.80. The van der Waals surface area contributed by atoms with Crippen molar-refractivity contribution in [2.45, 2.75) is 4.23 Å². The number of benzene rings is 1. The fraction of sp³-hybridized carbons (Fsp3) is 0.143. The van der Waals surface area contributed by atoms with Crippen molar-refractivity contribution >= 4 is 89.1 Å². The van der Waals surface area contributed by atoms with Crippen LogP contribution in [0.2, 0.25) is 25.1 Å². The number of halogens is 7. The van der Waals surface area contributed by atoms with Crippen LogP contribution in [0.25, 0.3) is 0 Å². The molecule has 0 saturated carbocycles. The van der Waals surface area contributed by atoms with Crippen molar-refractivity contribution in [1.29, 1.82) is 0 Å². The largest absolute Gasteiger partial charge is 0.126 e. The van der Waals surface area contributed by atoms with Gasteiger partial charge in [0.25, 0.3) is 0 Å². The third-order valence-electron chi connectivity index (χ3n) is 1.54. The Bertz CT molecular complexity index is 380. The monoisotopic (exact) mass is 340 g/mol. The average Bonchev–Trinajstić information content (AvgIpc) is 2.09. The van der Waals surface area contributed by atoms with E-state index in [0.29, 0.717) is 0 Å². The Morgan fingerprint density at radius 2 is 0.933 bits per heavy atom. The van der Waals surface area contributed by atoms with Gasteiger partial charge in [0, 0.05) is 5.56 Å². The zero-order chi connectivity index (χ0) is 12.0. The molecule has 0 heterocycles. The highest BCUT2D eigenvalue weighted by molar-refractivity contribution is 6.66. The summed E-state index contributed by atoms with van der Waals surface area (Å²) in [5, 5.41) is -0.0282. The Balaban J connectivity index is 3.68. The summed E-state index contributed by atoms with van der Waals surface area (Å²) in [5.41, 5.74) is 0.0218. The lowest BCUT2D eigenvalue weighted by atomic mass is 9.95. The van der Waals surface area contributed by atoms with Crippen LogP contribution < -0.4 is 0 Å². The van der Waals surface area contributed by atoms with E-state index in [-0.39, 0.29) is 30.7 Å². The third kappa shape index (κ3) is 2.77. The van der Waals surface area contributed by atoms with Crippen LogP contribution in [0.5, 0.6) is 0 Å². The Morgan fingerprint density at radius 3 is 1.20 bits per heavy atom. The minimum Gasteiger partial charge on any atom is -0.108 e. The van der Waals surface area contributed by atoms with Crippen molar-refractivity contribution in [1.82, 2.24) is 0 Å². The fourth-order valence-electron chi connectivity index (χ4n) is 0.898. The molecule has 0 spiro atoms. The van der Waals surface area contributed by atoms with Gasteiger partial charge in [0.1, 0.15) is 12.1 Å². The van der Waals surface area contributed by atoms with E-state index in [0.717, 1.165) is 0 Å². The topological polar surface area (TPSA) is 0 Å². The van der Waals surface area contributed by atoms with Gasteiger partial charge < -0.3 is 0 Å². The zero-order valence-corrected chi connectivity index (χ0v) is 12.0. The number of rotatable bonds is 1.